The highest BCUT2D eigenvalue weighted by Gasteiger charge is 1.98. The van der Waals surface area contributed by atoms with Crippen LogP contribution >= 0.6 is 0 Å². The molecule has 0 saturated heterocycles. The molecule has 0 spiro atoms. The Hall–Kier alpha value is -2.10. The van der Waals surface area contributed by atoms with Crippen LogP contribution in [0.25, 0.3) is 0 Å². The van der Waals surface area contributed by atoms with Crippen LogP contribution in [-0.4, -0.2) is 18.6 Å². The predicted molar refractivity (Wildman–Crippen MR) is 69.4 cm³/mol. The highest BCUT2D eigenvalue weighted by atomic mass is 19.1. The lowest BCUT2D eigenvalue weighted by molar-refractivity contribution is 0.398. The third-order valence-corrected chi connectivity index (χ3v) is 2.58. The molecule has 0 aliphatic carbocycles. The second-order valence-corrected chi connectivity index (χ2v) is 3.89. The minimum atomic E-state index is -0.196. The summed E-state index contributed by atoms with van der Waals surface area (Å²) < 4.78 is 18.0. The highest BCUT2D eigenvalue weighted by molar-refractivity contribution is 5.45. The van der Waals surface area contributed by atoms with Gasteiger partial charge in [-0.2, -0.15) is 0 Å². The van der Waals surface area contributed by atoms with E-state index in [-0.39, 0.29) is 5.82 Å². The number of benzene rings is 1. The van der Waals surface area contributed by atoms with Gasteiger partial charge in [-0.3, -0.25) is 0 Å². The maximum atomic E-state index is 13.0. The Morgan fingerprint density at radius 3 is 2.94 bits per heavy atom. The van der Waals surface area contributed by atoms with Gasteiger partial charge >= 0.3 is 0 Å². The quantitative estimate of drug-likeness (QED) is 0.880. The van der Waals surface area contributed by atoms with E-state index < -0.39 is 0 Å². The molecule has 0 aliphatic heterocycles. The van der Waals surface area contributed by atoms with Crippen LogP contribution in [0.3, 0.4) is 0 Å². The van der Waals surface area contributed by atoms with Crippen LogP contribution in [0.15, 0.2) is 42.6 Å². The summed E-state index contributed by atoms with van der Waals surface area (Å²) >= 11 is 0. The fourth-order valence-corrected chi connectivity index (χ4v) is 1.67. The molecule has 18 heavy (non-hydrogen) atoms. The zero-order chi connectivity index (χ0) is 12.8. The van der Waals surface area contributed by atoms with Gasteiger partial charge in [0.25, 0.3) is 0 Å². The van der Waals surface area contributed by atoms with Crippen molar-refractivity contribution in [2.45, 2.75) is 6.42 Å². The number of anilines is 1. The number of rotatable bonds is 5. The maximum Gasteiger partial charge on any atom is 0.214 e. The molecule has 0 radical (unpaired) electrons. The van der Waals surface area contributed by atoms with Crippen molar-refractivity contribution in [2.75, 3.05) is 19.0 Å². The van der Waals surface area contributed by atoms with E-state index in [9.17, 15) is 4.39 Å². The molecule has 0 aliphatic rings. The molecular formula is C14H15FN2O. The lowest BCUT2D eigenvalue weighted by atomic mass is 10.1. The van der Waals surface area contributed by atoms with Crippen molar-refractivity contribution in [3.63, 3.8) is 0 Å². The highest BCUT2D eigenvalue weighted by Crippen LogP contribution is 2.13. The summed E-state index contributed by atoms with van der Waals surface area (Å²) in [6, 6.07) is 10.3. The first kappa shape index (κ1) is 12.4. The zero-order valence-electron chi connectivity index (χ0n) is 10.2. The number of methoxy groups -OCH3 is 1. The topological polar surface area (TPSA) is 34.1 Å². The predicted octanol–water partition coefficient (Wildman–Crippen LogP) is 2.88. The van der Waals surface area contributed by atoms with Gasteiger partial charge in [0.2, 0.25) is 5.88 Å². The van der Waals surface area contributed by atoms with Crippen LogP contribution in [0.5, 0.6) is 5.88 Å². The van der Waals surface area contributed by atoms with Crippen molar-refractivity contribution in [2.24, 2.45) is 0 Å². The number of aromatic nitrogens is 1. The summed E-state index contributed by atoms with van der Waals surface area (Å²) in [5, 5.41) is 3.24. The molecule has 0 amide bonds. The van der Waals surface area contributed by atoms with Gasteiger partial charge in [0, 0.05) is 24.5 Å². The van der Waals surface area contributed by atoms with E-state index in [1.807, 2.05) is 18.2 Å². The van der Waals surface area contributed by atoms with Gasteiger partial charge in [0.15, 0.2) is 0 Å². The Morgan fingerprint density at radius 2 is 2.17 bits per heavy atom. The molecule has 3 nitrogen and oxygen atoms in total. The van der Waals surface area contributed by atoms with Crippen LogP contribution in [0.4, 0.5) is 10.1 Å². The standard InChI is InChI=1S/C14H15FN2O/c1-18-14-10-13(6-8-17-14)16-7-5-11-3-2-4-12(15)9-11/h2-4,6,8-10H,5,7H2,1H3,(H,16,17). The van der Waals surface area contributed by atoms with Crippen LogP contribution in [0.2, 0.25) is 0 Å². The SMILES string of the molecule is COc1cc(NCCc2cccc(F)c2)ccn1. The number of ether oxygens (including phenoxy) is 1. The molecule has 4 heteroatoms. The smallest absolute Gasteiger partial charge is 0.214 e. The third-order valence-electron chi connectivity index (χ3n) is 2.58. The Kier molecular flexibility index (Phi) is 4.12. The van der Waals surface area contributed by atoms with E-state index in [2.05, 4.69) is 10.3 Å². The Morgan fingerprint density at radius 1 is 1.28 bits per heavy atom. The van der Waals surface area contributed by atoms with Crippen LogP contribution < -0.4 is 10.1 Å². The Bertz CT molecular complexity index is 517. The van der Waals surface area contributed by atoms with E-state index in [0.717, 1.165) is 24.2 Å². The van der Waals surface area contributed by atoms with Gasteiger partial charge in [-0.1, -0.05) is 12.1 Å². The van der Waals surface area contributed by atoms with E-state index in [0.29, 0.717) is 5.88 Å². The minimum Gasteiger partial charge on any atom is -0.481 e. The number of hydrogen-bond donors (Lipinski definition) is 1. The lowest BCUT2D eigenvalue weighted by Gasteiger charge is -2.07. The number of halogens is 1. The number of pyridine rings is 1. The molecule has 0 atom stereocenters. The number of nitrogens with one attached hydrogen (secondary N) is 1. The summed E-state index contributed by atoms with van der Waals surface area (Å²) in [7, 11) is 1.58. The molecule has 94 valence electrons. The first-order valence-corrected chi connectivity index (χ1v) is 5.76. The van der Waals surface area contributed by atoms with Crippen molar-refractivity contribution in [1.29, 1.82) is 0 Å². The van der Waals surface area contributed by atoms with Gasteiger partial charge in [-0.15, -0.1) is 0 Å². The molecule has 1 N–H and O–H groups in total. The fourth-order valence-electron chi connectivity index (χ4n) is 1.67. The molecule has 0 saturated carbocycles. The van der Waals surface area contributed by atoms with Gasteiger partial charge in [-0.05, 0) is 30.2 Å². The second kappa shape index (κ2) is 6.00. The van der Waals surface area contributed by atoms with E-state index in [4.69, 9.17) is 4.74 Å². The monoisotopic (exact) mass is 246 g/mol. The average molecular weight is 246 g/mol. The fraction of sp³-hybridized carbons (Fsp3) is 0.214. The summed E-state index contributed by atoms with van der Waals surface area (Å²) in [6.07, 6.45) is 2.45. The largest absolute Gasteiger partial charge is 0.481 e. The van der Waals surface area contributed by atoms with Gasteiger partial charge in [0.05, 0.1) is 7.11 Å². The van der Waals surface area contributed by atoms with Crippen LogP contribution in [0.1, 0.15) is 5.56 Å². The Balaban J connectivity index is 1.88. The van der Waals surface area contributed by atoms with Crippen molar-refractivity contribution in [3.05, 3.63) is 54.0 Å². The van der Waals surface area contributed by atoms with Gasteiger partial charge in [-0.25, -0.2) is 9.37 Å². The van der Waals surface area contributed by atoms with Crippen molar-refractivity contribution in [3.8, 4) is 5.88 Å². The van der Waals surface area contributed by atoms with E-state index in [1.165, 1.54) is 6.07 Å². The first-order valence-electron chi connectivity index (χ1n) is 5.76. The third kappa shape index (κ3) is 3.45. The van der Waals surface area contributed by atoms with Crippen LogP contribution in [0, 0.1) is 5.82 Å². The lowest BCUT2D eigenvalue weighted by Crippen LogP contribution is -2.05. The van der Waals surface area contributed by atoms with E-state index in [1.54, 1.807) is 25.4 Å². The van der Waals surface area contributed by atoms with Crippen molar-refractivity contribution < 1.29 is 9.13 Å². The molecule has 0 fully saturated rings. The van der Waals surface area contributed by atoms with Gasteiger partial charge in [0.1, 0.15) is 5.82 Å². The maximum absolute atomic E-state index is 13.0. The molecule has 0 bridgehead atoms. The summed E-state index contributed by atoms with van der Waals surface area (Å²) in [4.78, 5) is 4.02. The summed E-state index contributed by atoms with van der Waals surface area (Å²) in [5.41, 5.74) is 1.92. The average Bonchev–Trinajstić information content (AvgIpc) is 2.39. The van der Waals surface area contributed by atoms with Gasteiger partial charge < -0.3 is 10.1 Å². The normalized spacial score (nSPS) is 10.1. The molecule has 1 heterocycles. The summed E-state index contributed by atoms with van der Waals surface area (Å²) in [6.45, 7) is 0.733. The molecule has 2 aromatic rings. The molecule has 0 unspecified atom stereocenters. The second-order valence-electron chi connectivity index (χ2n) is 3.89. The zero-order valence-corrected chi connectivity index (χ0v) is 10.2. The van der Waals surface area contributed by atoms with Crippen molar-refractivity contribution >= 4 is 5.69 Å². The van der Waals surface area contributed by atoms with Crippen molar-refractivity contribution in [1.82, 2.24) is 4.98 Å². The molecule has 1 aromatic heterocycles. The molecule has 1 aromatic carbocycles. The van der Waals surface area contributed by atoms with Crippen LogP contribution in [-0.2, 0) is 6.42 Å². The number of nitrogens with zero attached hydrogens (tertiary/aromatic N) is 1. The first-order chi connectivity index (χ1) is 8.78. The molecular weight excluding hydrogens is 231 g/mol. The Labute approximate surface area is 106 Å². The molecule has 2 rings (SSSR count). The number of hydrogen-bond acceptors (Lipinski definition) is 3. The minimum absolute atomic E-state index is 0.196. The summed E-state index contributed by atoms with van der Waals surface area (Å²) in [5.74, 6) is 0.379. The van der Waals surface area contributed by atoms with E-state index >= 15 is 0 Å².